The van der Waals surface area contributed by atoms with E-state index in [9.17, 15) is 0 Å². The number of pyridine rings is 1. The number of nitrogen functional groups attached to an aromatic ring is 1. The lowest BCUT2D eigenvalue weighted by atomic mass is 10.1. The van der Waals surface area contributed by atoms with E-state index in [-0.39, 0.29) is 0 Å². The van der Waals surface area contributed by atoms with E-state index in [2.05, 4.69) is 27.8 Å². The fourth-order valence-corrected chi connectivity index (χ4v) is 2.50. The Morgan fingerprint density at radius 1 is 1.50 bits per heavy atom. The van der Waals surface area contributed by atoms with E-state index >= 15 is 0 Å². The van der Waals surface area contributed by atoms with Gasteiger partial charge in [-0.3, -0.25) is 4.98 Å². The molecule has 16 heavy (non-hydrogen) atoms. The highest BCUT2D eigenvalue weighted by Gasteiger charge is 2.12. The van der Waals surface area contributed by atoms with Crippen LogP contribution in [0.15, 0.2) is 36.0 Å². The van der Waals surface area contributed by atoms with Gasteiger partial charge in [0.25, 0.3) is 0 Å². The van der Waals surface area contributed by atoms with E-state index in [1.807, 2.05) is 19.3 Å². The molecule has 3 N–H and O–H groups in total. The van der Waals surface area contributed by atoms with Crippen LogP contribution in [0.5, 0.6) is 0 Å². The fraction of sp³-hybridized carbons (Fsp3) is 0.250. The van der Waals surface area contributed by atoms with E-state index in [0.717, 1.165) is 17.7 Å². The second-order valence-electron chi connectivity index (χ2n) is 3.64. The van der Waals surface area contributed by atoms with Gasteiger partial charge in [-0.25, -0.2) is 0 Å². The third kappa shape index (κ3) is 2.40. The Kier molecular flexibility index (Phi) is 3.54. The molecule has 3 nitrogen and oxygen atoms in total. The lowest BCUT2D eigenvalue weighted by Crippen LogP contribution is -2.18. The van der Waals surface area contributed by atoms with Crippen LogP contribution in [0.1, 0.15) is 16.5 Å². The van der Waals surface area contributed by atoms with Gasteiger partial charge in [-0.1, -0.05) is 6.07 Å². The number of nitrogens with two attached hydrogens (primary N) is 1. The maximum absolute atomic E-state index is 5.91. The molecule has 1 unspecified atom stereocenters. The van der Waals surface area contributed by atoms with Gasteiger partial charge >= 0.3 is 0 Å². The molecule has 0 saturated heterocycles. The van der Waals surface area contributed by atoms with Crippen molar-refractivity contribution < 1.29 is 0 Å². The largest absolute Gasteiger partial charge is 0.398 e. The number of hydrogen-bond donors (Lipinski definition) is 2. The van der Waals surface area contributed by atoms with Gasteiger partial charge in [-0.15, -0.1) is 11.3 Å². The Bertz CT molecular complexity index is 439. The predicted molar refractivity (Wildman–Crippen MR) is 68.5 cm³/mol. The lowest BCUT2D eigenvalue weighted by molar-refractivity contribution is 0.602. The molecule has 0 saturated carbocycles. The molecule has 0 fully saturated rings. The summed E-state index contributed by atoms with van der Waals surface area (Å²) in [5.41, 5.74) is 7.82. The summed E-state index contributed by atoms with van der Waals surface area (Å²) in [6, 6.07) is 6.36. The summed E-state index contributed by atoms with van der Waals surface area (Å²) in [5, 5.41) is 5.40. The van der Waals surface area contributed by atoms with Crippen LogP contribution in [0.2, 0.25) is 0 Å². The number of likely N-dealkylation sites (N-methyl/N-ethyl adjacent to an activating group) is 1. The molecule has 0 aliphatic heterocycles. The minimum absolute atomic E-state index is 0.312. The first kappa shape index (κ1) is 11.1. The predicted octanol–water partition coefficient (Wildman–Crippen LogP) is 2.23. The molecular weight excluding hydrogens is 218 g/mol. The Labute approximate surface area is 99.3 Å². The second kappa shape index (κ2) is 5.09. The summed E-state index contributed by atoms with van der Waals surface area (Å²) in [6.45, 7) is 0. The third-order valence-corrected chi connectivity index (χ3v) is 3.59. The number of thiophene rings is 1. The van der Waals surface area contributed by atoms with Crippen molar-refractivity contribution in [2.45, 2.75) is 12.5 Å². The van der Waals surface area contributed by atoms with Crippen molar-refractivity contribution in [1.82, 2.24) is 10.3 Å². The van der Waals surface area contributed by atoms with Gasteiger partial charge in [0.05, 0.1) is 0 Å². The van der Waals surface area contributed by atoms with Crippen molar-refractivity contribution in [2.24, 2.45) is 0 Å². The molecule has 0 aromatic carbocycles. The van der Waals surface area contributed by atoms with Crippen molar-refractivity contribution in [3.05, 3.63) is 46.4 Å². The molecule has 0 bridgehead atoms. The number of rotatable bonds is 4. The van der Waals surface area contributed by atoms with E-state index in [0.29, 0.717) is 6.04 Å². The maximum Gasteiger partial charge on any atom is 0.0454 e. The molecule has 0 aliphatic rings. The topological polar surface area (TPSA) is 50.9 Å². The van der Waals surface area contributed by atoms with Crippen LogP contribution in [-0.4, -0.2) is 12.0 Å². The van der Waals surface area contributed by atoms with Crippen molar-refractivity contribution in [1.29, 1.82) is 0 Å². The zero-order chi connectivity index (χ0) is 11.4. The highest BCUT2D eigenvalue weighted by Crippen LogP contribution is 2.24. The van der Waals surface area contributed by atoms with Gasteiger partial charge < -0.3 is 11.1 Å². The van der Waals surface area contributed by atoms with Crippen molar-refractivity contribution in [3.8, 4) is 0 Å². The SMILES string of the molecule is CNC(Cc1cnccc1N)c1cccs1. The van der Waals surface area contributed by atoms with E-state index in [1.165, 1.54) is 4.88 Å². The summed E-state index contributed by atoms with van der Waals surface area (Å²) < 4.78 is 0. The summed E-state index contributed by atoms with van der Waals surface area (Å²) in [4.78, 5) is 5.43. The van der Waals surface area contributed by atoms with Crippen LogP contribution in [0.25, 0.3) is 0 Å². The Balaban J connectivity index is 2.17. The lowest BCUT2D eigenvalue weighted by Gasteiger charge is -2.15. The minimum Gasteiger partial charge on any atom is -0.398 e. The summed E-state index contributed by atoms with van der Waals surface area (Å²) in [5.74, 6) is 0. The highest BCUT2D eigenvalue weighted by molar-refractivity contribution is 7.10. The first-order chi connectivity index (χ1) is 7.81. The molecule has 2 aromatic heterocycles. The summed E-state index contributed by atoms with van der Waals surface area (Å²) in [7, 11) is 1.97. The first-order valence-electron chi connectivity index (χ1n) is 5.20. The molecule has 84 valence electrons. The number of nitrogens with zero attached hydrogens (tertiary/aromatic N) is 1. The van der Waals surface area contributed by atoms with Gasteiger partial charge in [0.2, 0.25) is 0 Å². The average Bonchev–Trinajstić information content (AvgIpc) is 2.81. The van der Waals surface area contributed by atoms with Crippen molar-refractivity contribution in [3.63, 3.8) is 0 Å². The van der Waals surface area contributed by atoms with Gasteiger partial charge in [0.15, 0.2) is 0 Å². The monoisotopic (exact) mass is 233 g/mol. The van der Waals surface area contributed by atoms with Crippen molar-refractivity contribution >= 4 is 17.0 Å². The summed E-state index contributed by atoms with van der Waals surface area (Å²) in [6.07, 6.45) is 4.43. The smallest absolute Gasteiger partial charge is 0.0454 e. The van der Waals surface area contributed by atoms with Crippen LogP contribution in [0.3, 0.4) is 0 Å². The van der Waals surface area contributed by atoms with Crippen LogP contribution in [0, 0.1) is 0 Å². The summed E-state index contributed by atoms with van der Waals surface area (Å²) >= 11 is 1.76. The average molecular weight is 233 g/mol. The van der Waals surface area contributed by atoms with Crippen molar-refractivity contribution in [2.75, 3.05) is 12.8 Å². The molecule has 2 heterocycles. The standard InChI is InChI=1S/C12H15N3S/c1-14-11(12-3-2-6-16-12)7-9-8-15-5-4-10(9)13/h2-6,8,11,14H,7H2,1H3,(H2,13,15). The quantitative estimate of drug-likeness (QED) is 0.851. The number of nitrogens with one attached hydrogen (secondary N) is 1. The van der Waals surface area contributed by atoms with Gasteiger partial charge in [0.1, 0.15) is 0 Å². The van der Waals surface area contributed by atoms with E-state index < -0.39 is 0 Å². The first-order valence-corrected chi connectivity index (χ1v) is 6.08. The van der Waals surface area contributed by atoms with Crippen LogP contribution < -0.4 is 11.1 Å². The Hall–Kier alpha value is -1.39. The van der Waals surface area contributed by atoms with E-state index in [1.54, 1.807) is 17.5 Å². The van der Waals surface area contributed by atoms with Crippen LogP contribution in [-0.2, 0) is 6.42 Å². The van der Waals surface area contributed by atoms with Gasteiger partial charge in [-0.05, 0) is 36.5 Å². The molecule has 0 amide bonds. The molecule has 2 aromatic rings. The molecule has 0 radical (unpaired) electrons. The maximum atomic E-state index is 5.91. The fourth-order valence-electron chi connectivity index (χ4n) is 1.66. The molecule has 2 rings (SSSR count). The minimum atomic E-state index is 0.312. The molecule has 1 atom stereocenters. The van der Waals surface area contributed by atoms with Gasteiger partial charge in [0, 0.05) is 29.0 Å². The second-order valence-corrected chi connectivity index (χ2v) is 4.61. The van der Waals surface area contributed by atoms with Crippen LogP contribution in [0.4, 0.5) is 5.69 Å². The number of aromatic nitrogens is 1. The molecular formula is C12H15N3S. The Morgan fingerprint density at radius 3 is 3.00 bits per heavy atom. The Morgan fingerprint density at radius 2 is 2.38 bits per heavy atom. The molecule has 0 spiro atoms. The number of anilines is 1. The highest BCUT2D eigenvalue weighted by atomic mass is 32.1. The molecule has 0 aliphatic carbocycles. The normalized spacial score (nSPS) is 12.6. The zero-order valence-corrected chi connectivity index (χ0v) is 10.00. The number of hydrogen-bond acceptors (Lipinski definition) is 4. The van der Waals surface area contributed by atoms with E-state index in [4.69, 9.17) is 5.73 Å². The molecule has 4 heteroatoms. The van der Waals surface area contributed by atoms with Gasteiger partial charge in [-0.2, -0.15) is 0 Å². The zero-order valence-electron chi connectivity index (χ0n) is 9.18. The third-order valence-electron chi connectivity index (χ3n) is 2.60. The van der Waals surface area contributed by atoms with Crippen LogP contribution >= 0.6 is 11.3 Å².